The second kappa shape index (κ2) is 6.35. The number of rotatable bonds is 3. The van der Waals surface area contributed by atoms with Crippen LogP contribution in [0.5, 0.6) is 5.75 Å². The number of fused-ring (bicyclic) bond motifs is 1. The van der Waals surface area contributed by atoms with Gasteiger partial charge >= 0.3 is 6.18 Å². The number of aromatic nitrogens is 1. The quantitative estimate of drug-likeness (QED) is 0.639. The van der Waals surface area contributed by atoms with Crippen LogP contribution in [0.3, 0.4) is 0 Å². The Labute approximate surface area is 137 Å². The van der Waals surface area contributed by atoms with E-state index in [0.29, 0.717) is 5.56 Å². The molecule has 24 heavy (non-hydrogen) atoms. The Morgan fingerprint density at radius 1 is 0.917 bits per heavy atom. The molecular formula is C19H14F3NO. The average molecular weight is 329 g/mol. The summed E-state index contributed by atoms with van der Waals surface area (Å²) in [5, 5.41) is 0.959. The zero-order valence-electron chi connectivity index (χ0n) is 12.8. The SMILES string of the molecule is COc1ccc2nc(/C=C/c3ccc(C(F)(F)F)cc3)ccc2c1. The van der Waals surface area contributed by atoms with Gasteiger partial charge < -0.3 is 4.74 Å². The molecule has 3 aromatic rings. The average Bonchev–Trinajstić information content (AvgIpc) is 2.59. The smallest absolute Gasteiger partial charge is 0.416 e. The first-order valence-corrected chi connectivity index (χ1v) is 7.26. The fraction of sp³-hybridized carbons (Fsp3) is 0.105. The number of nitrogens with zero attached hydrogens (tertiary/aromatic N) is 1. The van der Waals surface area contributed by atoms with E-state index in [2.05, 4.69) is 4.98 Å². The summed E-state index contributed by atoms with van der Waals surface area (Å²) in [4.78, 5) is 4.50. The third kappa shape index (κ3) is 3.56. The summed E-state index contributed by atoms with van der Waals surface area (Å²) in [6.07, 6.45) is -0.812. The lowest BCUT2D eigenvalue weighted by Gasteiger charge is -2.06. The minimum absolute atomic E-state index is 0.655. The lowest BCUT2D eigenvalue weighted by Crippen LogP contribution is -2.03. The molecule has 0 N–H and O–H groups in total. The van der Waals surface area contributed by atoms with Gasteiger partial charge in [-0.15, -0.1) is 0 Å². The molecule has 0 atom stereocenters. The molecule has 0 aliphatic heterocycles. The highest BCUT2D eigenvalue weighted by Gasteiger charge is 2.29. The topological polar surface area (TPSA) is 22.1 Å². The number of methoxy groups -OCH3 is 1. The summed E-state index contributed by atoms with van der Waals surface area (Å²) in [6, 6.07) is 14.4. The van der Waals surface area contributed by atoms with Crippen LogP contribution < -0.4 is 4.74 Å². The van der Waals surface area contributed by atoms with Crippen LogP contribution >= 0.6 is 0 Å². The van der Waals surface area contributed by atoms with E-state index in [-0.39, 0.29) is 0 Å². The molecule has 0 fully saturated rings. The maximum Gasteiger partial charge on any atom is 0.416 e. The van der Waals surface area contributed by atoms with E-state index in [4.69, 9.17) is 4.74 Å². The van der Waals surface area contributed by atoms with Gasteiger partial charge in [-0.1, -0.05) is 24.3 Å². The minimum Gasteiger partial charge on any atom is -0.497 e. The summed E-state index contributed by atoms with van der Waals surface area (Å²) >= 11 is 0. The molecular weight excluding hydrogens is 315 g/mol. The van der Waals surface area contributed by atoms with Gasteiger partial charge in [-0.3, -0.25) is 0 Å². The van der Waals surface area contributed by atoms with Gasteiger partial charge in [0.05, 0.1) is 23.9 Å². The van der Waals surface area contributed by atoms with E-state index in [1.54, 1.807) is 19.3 Å². The van der Waals surface area contributed by atoms with E-state index in [0.717, 1.165) is 34.5 Å². The lowest BCUT2D eigenvalue weighted by atomic mass is 10.1. The van der Waals surface area contributed by atoms with Gasteiger partial charge in [0, 0.05) is 5.39 Å². The third-order valence-electron chi connectivity index (χ3n) is 3.60. The van der Waals surface area contributed by atoms with Gasteiger partial charge in [-0.05, 0) is 48.0 Å². The highest BCUT2D eigenvalue weighted by atomic mass is 19.4. The predicted molar refractivity (Wildman–Crippen MR) is 88.7 cm³/mol. The van der Waals surface area contributed by atoms with E-state index in [1.807, 2.05) is 30.3 Å². The van der Waals surface area contributed by atoms with Crippen LogP contribution in [0.2, 0.25) is 0 Å². The van der Waals surface area contributed by atoms with Crippen molar-refractivity contribution in [1.29, 1.82) is 0 Å². The van der Waals surface area contributed by atoms with Crippen LogP contribution in [0.1, 0.15) is 16.8 Å². The van der Waals surface area contributed by atoms with Crippen molar-refractivity contribution in [2.75, 3.05) is 7.11 Å². The van der Waals surface area contributed by atoms with Gasteiger partial charge in [0.25, 0.3) is 0 Å². The van der Waals surface area contributed by atoms with Crippen molar-refractivity contribution in [3.63, 3.8) is 0 Å². The predicted octanol–water partition coefficient (Wildman–Crippen LogP) is 5.43. The summed E-state index contributed by atoms with van der Waals surface area (Å²) in [7, 11) is 1.61. The van der Waals surface area contributed by atoms with E-state index < -0.39 is 11.7 Å². The molecule has 122 valence electrons. The molecule has 5 heteroatoms. The molecule has 0 radical (unpaired) electrons. The summed E-state index contributed by atoms with van der Waals surface area (Å²) in [6.45, 7) is 0. The molecule has 0 saturated heterocycles. The van der Waals surface area contributed by atoms with Crippen LogP contribution in [0, 0.1) is 0 Å². The van der Waals surface area contributed by atoms with Crippen molar-refractivity contribution in [2.24, 2.45) is 0 Å². The van der Waals surface area contributed by atoms with Crippen molar-refractivity contribution < 1.29 is 17.9 Å². The van der Waals surface area contributed by atoms with Gasteiger partial charge in [-0.2, -0.15) is 13.2 Å². The molecule has 2 nitrogen and oxygen atoms in total. The molecule has 0 amide bonds. The molecule has 1 heterocycles. The maximum absolute atomic E-state index is 12.5. The van der Waals surface area contributed by atoms with Crippen LogP contribution in [0.25, 0.3) is 23.1 Å². The zero-order chi connectivity index (χ0) is 17.2. The Morgan fingerprint density at radius 2 is 1.67 bits per heavy atom. The van der Waals surface area contributed by atoms with Crippen LogP contribution in [-0.4, -0.2) is 12.1 Å². The van der Waals surface area contributed by atoms with Crippen molar-refractivity contribution in [1.82, 2.24) is 4.98 Å². The molecule has 3 rings (SSSR count). The Balaban J connectivity index is 1.82. The fourth-order valence-corrected chi connectivity index (χ4v) is 2.30. The first-order chi connectivity index (χ1) is 11.5. The largest absolute Gasteiger partial charge is 0.497 e. The van der Waals surface area contributed by atoms with Crippen LogP contribution in [0.4, 0.5) is 13.2 Å². The van der Waals surface area contributed by atoms with E-state index in [9.17, 15) is 13.2 Å². The molecule has 0 aliphatic carbocycles. The molecule has 1 aromatic heterocycles. The minimum atomic E-state index is -4.32. The molecule has 2 aromatic carbocycles. The Hall–Kier alpha value is -2.82. The number of pyridine rings is 1. The number of alkyl halides is 3. The van der Waals surface area contributed by atoms with Gasteiger partial charge in [0.1, 0.15) is 5.75 Å². The highest BCUT2D eigenvalue weighted by molar-refractivity contribution is 5.82. The Bertz CT molecular complexity index is 883. The summed E-state index contributed by atoms with van der Waals surface area (Å²) in [5.74, 6) is 0.761. The van der Waals surface area contributed by atoms with E-state index >= 15 is 0 Å². The molecule has 0 spiro atoms. The molecule has 0 aliphatic rings. The molecule has 0 saturated carbocycles. The van der Waals surface area contributed by atoms with Crippen molar-refractivity contribution in [3.05, 3.63) is 71.4 Å². The van der Waals surface area contributed by atoms with Crippen molar-refractivity contribution in [3.8, 4) is 5.75 Å². The molecule has 0 bridgehead atoms. The standard InChI is InChI=1S/C19H14F3NO/c1-24-17-10-11-18-14(12-17)5-9-16(23-18)8-4-13-2-6-15(7-3-13)19(20,21)22/h2-12H,1H3/b8-4+. The second-order valence-corrected chi connectivity index (χ2v) is 5.25. The first-order valence-electron chi connectivity index (χ1n) is 7.26. The Kier molecular flexibility index (Phi) is 4.25. The fourth-order valence-electron chi connectivity index (χ4n) is 2.30. The van der Waals surface area contributed by atoms with Crippen molar-refractivity contribution >= 4 is 23.1 Å². The summed E-state index contributed by atoms with van der Waals surface area (Å²) < 4.78 is 42.8. The van der Waals surface area contributed by atoms with Gasteiger partial charge in [0.15, 0.2) is 0 Å². The van der Waals surface area contributed by atoms with Gasteiger partial charge in [-0.25, -0.2) is 4.98 Å². The number of ether oxygens (including phenoxy) is 1. The molecule has 0 unspecified atom stereocenters. The lowest BCUT2D eigenvalue weighted by molar-refractivity contribution is -0.137. The number of benzene rings is 2. The van der Waals surface area contributed by atoms with Crippen LogP contribution in [-0.2, 0) is 6.18 Å². The van der Waals surface area contributed by atoms with Crippen LogP contribution in [0.15, 0.2) is 54.6 Å². The normalized spacial score (nSPS) is 12.0. The van der Waals surface area contributed by atoms with Gasteiger partial charge in [0.2, 0.25) is 0 Å². The van der Waals surface area contributed by atoms with E-state index in [1.165, 1.54) is 12.1 Å². The van der Waals surface area contributed by atoms with Crippen molar-refractivity contribution in [2.45, 2.75) is 6.18 Å². The summed E-state index contributed by atoms with van der Waals surface area (Å²) in [5.41, 5.74) is 1.58. The third-order valence-corrected chi connectivity index (χ3v) is 3.60. The highest BCUT2D eigenvalue weighted by Crippen LogP contribution is 2.29. The number of hydrogen-bond acceptors (Lipinski definition) is 2. The zero-order valence-corrected chi connectivity index (χ0v) is 12.8. The Morgan fingerprint density at radius 3 is 2.33 bits per heavy atom. The number of halogens is 3. The second-order valence-electron chi connectivity index (χ2n) is 5.25. The first kappa shape index (κ1) is 16.1. The number of hydrogen-bond donors (Lipinski definition) is 0. The monoisotopic (exact) mass is 329 g/mol. The maximum atomic E-state index is 12.5.